The highest BCUT2D eigenvalue weighted by Gasteiger charge is 2.18. The van der Waals surface area contributed by atoms with Gasteiger partial charge in [0, 0.05) is 36.7 Å². The SMILES string of the molecule is CCCN1CCN(c2ccc(C(C)N)cc2Br)CC1. The van der Waals surface area contributed by atoms with E-state index in [0.29, 0.717) is 0 Å². The van der Waals surface area contributed by atoms with E-state index in [1.54, 1.807) is 0 Å². The Bertz CT molecular complexity index is 412. The molecule has 4 heteroatoms. The van der Waals surface area contributed by atoms with Crippen LogP contribution in [0.5, 0.6) is 0 Å². The van der Waals surface area contributed by atoms with E-state index >= 15 is 0 Å². The van der Waals surface area contributed by atoms with Crippen molar-refractivity contribution in [2.24, 2.45) is 5.73 Å². The van der Waals surface area contributed by atoms with Crippen LogP contribution in [0, 0.1) is 0 Å². The molecule has 1 aromatic rings. The van der Waals surface area contributed by atoms with E-state index in [-0.39, 0.29) is 6.04 Å². The van der Waals surface area contributed by atoms with Crippen LogP contribution in [0.15, 0.2) is 22.7 Å². The van der Waals surface area contributed by atoms with Crippen molar-refractivity contribution in [1.29, 1.82) is 0 Å². The molecular weight excluding hydrogens is 302 g/mol. The zero-order valence-corrected chi connectivity index (χ0v) is 13.5. The molecule has 3 nitrogen and oxygen atoms in total. The largest absolute Gasteiger partial charge is 0.368 e. The number of nitrogens with two attached hydrogens (primary N) is 1. The number of rotatable bonds is 4. The smallest absolute Gasteiger partial charge is 0.0511 e. The summed E-state index contributed by atoms with van der Waals surface area (Å²) in [7, 11) is 0. The second kappa shape index (κ2) is 6.73. The fraction of sp³-hybridized carbons (Fsp3) is 0.600. The van der Waals surface area contributed by atoms with Gasteiger partial charge in [0.2, 0.25) is 0 Å². The minimum Gasteiger partial charge on any atom is -0.368 e. The van der Waals surface area contributed by atoms with Crippen LogP contribution in [0.2, 0.25) is 0 Å². The molecule has 106 valence electrons. The number of hydrogen-bond donors (Lipinski definition) is 1. The molecule has 0 aromatic heterocycles. The van der Waals surface area contributed by atoms with Crippen LogP contribution in [0.3, 0.4) is 0 Å². The number of halogens is 1. The molecule has 0 saturated carbocycles. The van der Waals surface area contributed by atoms with Crippen LogP contribution in [-0.2, 0) is 0 Å². The maximum Gasteiger partial charge on any atom is 0.0511 e. The Balaban J connectivity index is 2.03. The average Bonchev–Trinajstić information content (AvgIpc) is 2.40. The van der Waals surface area contributed by atoms with Gasteiger partial charge in [-0.1, -0.05) is 13.0 Å². The summed E-state index contributed by atoms with van der Waals surface area (Å²) in [5, 5.41) is 0. The first-order chi connectivity index (χ1) is 9.11. The van der Waals surface area contributed by atoms with Gasteiger partial charge in [-0.05, 0) is 53.5 Å². The molecule has 1 aromatic carbocycles. The lowest BCUT2D eigenvalue weighted by Gasteiger charge is -2.36. The maximum atomic E-state index is 5.92. The van der Waals surface area contributed by atoms with E-state index in [9.17, 15) is 0 Å². The van der Waals surface area contributed by atoms with Crippen molar-refractivity contribution in [1.82, 2.24) is 4.90 Å². The highest BCUT2D eigenvalue weighted by atomic mass is 79.9. The normalized spacial score (nSPS) is 18.6. The quantitative estimate of drug-likeness (QED) is 0.923. The molecule has 2 rings (SSSR count). The molecular formula is C15H24BrN3. The van der Waals surface area contributed by atoms with Crippen LogP contribution in [-0.4, -0.2) is 37.6 Å². The lowest BCUT2D eigenvalue weighted by molar-refractivity contribution is 0.258. The first-order valence-electron chi connectivity index (χ1n) is 7.14. The van der Waals surface area contributed by atoms with Crippen LogP contribution in [0.25, 0.3) is 0 Å². The Morgan fingerprint density at radius 2 is 1.95 bits per heavy atom. The van der Waals surface area contributed by atoms with Crippen molar-refractivity contribution >= 4 is 21.6 Å². The third-order valence-corrected chi connectivity index (χ3v) is 4.39. The topological polar surface area (TPSA) is 32.5 Å². The third-order valence-electron chi connectivity index (χ3n) is 3.75. The lowest BCUT2D eigenvalue weighted by atomic mass is 10.1. The summed E-state index contributed by atoms with van der Waals surface area (Å²) < 4.78 is 1.16. The molecule has 19 heavy (non-hydrogen) atoms. The molecule has 1 fully saturated rings. The Hall–Kier alpha value is -0.580. The molecule has 1 atom stereocenters. The van der Waals surface area contributed by atoms with Crippen molar-refractivity contribution < 1.29 is 0 Å². The number of nitrogens with zero attached hydrogens (tertiary/aromatic N) is 2. The molecule has 1 saturated heterocycles. The highest BCUT2D eigenvalue weighted by molar-refractivity contribution is 9.10. The minimum atomic E-state index is 0.0896. The van der Waals surface area contributed by atoms with Gasteiger partial charge in [0.15, 0.2) is 0 Å². The van der Waals surface area contributed by atoms with Crippen molar-refractivity contribution in [2.75, 3.05) is 37.6 Å². The highest BCUT2D eigenvalue weighted by Crippen LogP contribution is 2.29. The van der Waals surface area contributed by atoms with E-state index in [2.05, 4.69) is 50.9 Å². The van der Waals surface area contributed by atoms with Gasteiger partial charge in [-0.3, -0.25) is 4.90 Å². The number of benzene rings is 1. The second-order valence-electron chi connectivity index (χ2n) is 5.33. The summed E-state index contributed by atoms with van der Waals surface area (Å²) in [6, 6.07) is 6.58. The Kier molecular flexibility index (Phi) is 5.25. The van der Waals surface area contributed by atoms with Crippen molar-refractivity contribution in [3.05, 3.63) is 28.2 Å². The summed E-state index contributed by atoms with van der Waals surface area (Å²) in [6.45, 7) is 10.0. The summed E-state index contributed by atoms with van der Waals surface area (Å²) in [5.41, 5.74) is 8.39. The molecule has 2 N–H and O–H groups in total. The van der Waals surface area contributed by atoms with Gasteiger partial charge in [-0.15, -0.1) is 0 Å². The molecule has 1 aliphatic heterocycles. The summed E-state index contributed by atoms with van der Waals surface area (Å²) in [6.07, 6.45) is 1.24. The summed E-state index contributed by atoms with van der Waals surface area (Å²) >= 11 is 3.69. The van der Waals surface area contributed by atoms with E-state index in [4.69, 9.17) is 5.73 Å². The monoisotopic (exact) mass is 325 g/mol. The van der Waals surface area contributed by atoms with E-state index in [1.807, 2.05) is 6.92 Å². The van der Waals surface area contributed by atoms with Gasteiger partial charge in [0.25, 0.3) is 0 Å². The number of hydrogen-bond acceptors (Lipinski definition) is 3. The third kappa shape index (κ3) is 3.71. The molecule has 0 amide bonds. The molecule has 1 heterocycles. The first kappa shape index (κ1) is 14.8. The van der Waals surface area contributed by atoms with Gasteiger partial charge >= 0.3 is 0 Å². The standard InChI is InChI=1S/C15H24BrN3/c1-3-6-18-7-9-19(10-8-18)15-5-4-13(12(2)17)11-14(15)16/h4-5,11-12H,3,6-10,17H2,1-2H3. The zero-order valence-electron chi connectivity index (χ0n) is 11.9. The molecule has 0 spiro atoms. The number of anilines is 1. The van der Waals surface area contributed by atoms with E-state index < -0.39 is 0 Å². The van der Waals surface area contributed by atoms with Crippen LogP contribution in [0.4, 0.5) is 5.69 Å². The fourth-order valence-corrected chi connectivity index (χ4v) is 3.24. The van der Waals surface area contributed by atoms with Crippen molar-refractivity contribution in [2.45, 2.75) is 26.3 Å². The van der Waals surface area contributed by atoms with Crippen molar-refractivity contribution in [3.63, 3.8) is 0 Å². The Morgan fingerprint density at radius 3 is 2.47 bits per heavy atom. The summed E-state index contributed by atoms with van der Waals surface area (Å²) in [5.74, 6) is 0. The second-order valence-corrected chi connectivity index (χ2v) is 6.18. The van der Waals surface area contributed by atoms with Gasteiger partial charge in [0.05, 0.1) is 5.69 Å². The average molecular weight is 326 g/mol. The van der Waals surface area contributed by atoms with Crippen LogP contribution >= 0.6 is 15.9 Å². The van der Waals surface area contributed by atoms with Crippen LogP contribution < -0.4 is 10.6 Å². The van der Waals surface area contributed by atoms with E-state index in [0.717, 1.165) is 30.7 Å². The Morgan fingerprint density at radius 1 is 1.26 bits per heavy atom. The zero-order chi connectivity index (χ0) is 13.8. The number of piperazine rings is 1. The predicted octanol–water partition coefficient (Wildman–Crippen LogP) is 3.00. The summed E-state index contributed by atoms with van der Waals surface area (Å²) in [4.78, 5) is 5.00. The van der Waals surface area contributed by atoms with Crippen molar-refractivity contribution in [3.8, 4) is 0 Å². The molecule has 0 radical (unpaired) electrons. The molecule has 1 aliphatic rings. The van der Waals surface area contributed by atoms with Gasteiger partial charge in [0.1, 0.15) is 0 Å². The van der Waals surface area contributed by atoms with Gasteiger partial charge in [-0.2, -0.15) is 0 Å². The predicted molar refractivity (Wildman–Crippen MR) is 85.7 cm³/mol. The first-order valence-corrected chi connectivity index (χ1v) is 7.93. The molecule has 1 unspecified atom stereocenters. The van der Waals surface area contributed by atoms with Gasteiger partial charge in [-0.25, -0.2) is 0 Å². The van der Waals surface area contributed by atoms with E-state index in [1.165, 1.54) is 24.2 Å². The van der Waals surface area contributed by atoms with Gasteiger partial charge < -0.3 is 10.6 Å². The lowest BCUT2D eigenvalue weighted by Crippen LogP contribution is -2.46. The Labute approximate surface area is 124 Å². The van der Waals surface area contributed by atoms with Crippen LogP contribution in [0.1, 0.15) is 31.9 Å². The minimum absolute atomic E-state index is 0.0896. The molecule has 0 bridgehead atoms. The maximum absolute atomic E-state index is 5.92. The fourth-order valence-electron chi connectivity index (χ4n) is 2.59. The molecule has 0 aliphatic carbocycles.